The van der Waals surface area contributed by atoms with Gasteiger partial charge in [-0.3, -0.25) is 4.79 Å². The normalized spacial score (nSPS) is 16.2. The van der Waals surface area contributed by atoms with Gasteiger partial charge in [-0.25, -0.2) is 0 Å². The standard InChI is InChI=1S/C15H18N4O3S/c1-18(14(20)9-23-15-17-16-10-19(15)2)7-11-8-21-12-5-3-4-6-13(12)22-11/h3-6,10-11H,7-9H2,1-2H3. The number of rotatable bonds is 5. The molecule has 0 radical (unpaired) electrons. The molecule has 1 aromatic carbocycles. The van der Waals surface area contributed by atoms with Crippen LogP contribution in [0.4, 0.5) is 0 Å². The van der Waals surface area contributed by atoms with Crippen LogP contribution in [0.3, 0.4) is 0 Å². The van der Waals surface area contributed by atoms with Crippen LogP contribution in [0.2, 0.25) is 0 Å². The summed E-state index contributed by atoms with van der Waals surface area (Å²) in [6, 6.07) is 7.55. The lowest BCUT2D eigenvalue weighted by atomic mass is 10.2. The second-order valence-electron chi connectivity index (χ2n) is 5.28. The Bertz CT molecular complexity index is 691. The van der Waals surface area contributed by atoms with Crippen LogP contribution < -0.4 is 9.47 Å². The molecule has 0 saturated carbocycles. The average Bonchev–Trinajstić information content (AvgIpc) is 2.97. The maximum Gasteiger partial charge on any atom is 0.232 e. The van der Waals surface area contributed by atoms with Crippen molar-refractivity contribution in [3.05, 3.63) is 30.6 Å². The number of carbonyl (C=O) groups excluding carboxylic acids is 1. The fourth-order valence-electron chi connectivity index (χ4n) is 2.20. The number of likely N-dealkylation sites (N-methyl/N-ethyl adjacent to an activating group) is 1. The van der Waals surface area contributed by atoms with E-state index < -0.39 is 0 Å². The van der Waals surface area contributed by atoms with E-state index in [2.05, 4.69) is 10.2 Å². The van der Waals surface area contributed by atoms with Gasteiger partial charge < -0.3 is 18.9 Å². The molecule has 7 nitrogen and oxygen atoms in total. The molecule has 23 heavy (non-hydrogen) atoms. The Balaban J connectivity index is 1.50. The summed E-state index contributed by atoms with van der Waals surface area (Å²) >= 11 is 1.37. The highest BCUT2D eigenvalue weighted by atomic mass is 32.2. The predicted molar refractivity (Wildman–Crippen MR) is 85.7 cm³/mol. The minimum absolute atomic E-state index is 0.0143. The lowest BCUT2D eigenvalue weighted by Crippen LogP contribution is -2.42. The predicted octanol–water partition coefficient (Wildman–Crippen LogP) is 1.21. The Hall–Kier alpha value is -2.22. The summed E-state index contributed by atoms with van der Waals surface area (Å²) < 4.78 is 13.3. The SMILES string of the molecule is CN(CC1COc2ccccc2O1)C(=O)CSc1nncn1C. The molecular formula is C15H18N4O3S. The fraction of sp³-hybridized carbons (Fsp3) is 0.400. The highest BCUT2D eigenvalue weighted by Gasteiger charge is 2.23. The molecule has 0 spiro atoms. The van der Waals surface area contributed by atoms with Crippen LogP contribution >= 0.6 is 11.8 Å². The second kappa shape index (κ2) is 6.91. The van der Waals surface area contributed by atoms with Gasteiger partial charge in [0.05, 0.1) is 12.3 Å². The minimum atomic E-state index is -0.168. The number of aryl methyl sites for hydroxylation is 1. The third-order valence-electron chi connectivity index (χ3n) is 3.47. The van der Waals surface area contributed by atoms with Gasteiger partial charge in [0, 0.05) is 14.1 Å². The first-order valence-corrected chi connectivity index (χ1v) is 8.21. The van der Waals surface area contributed by atoms with E-state index in [9.17, 15) is 4.79 Å². The molecule has 1 amide bonds. The van der Waals surface area contributed by atoms with Crippen LogP contribution in [-0.4, -0.2) is 57.6 Å². The molecule has 1 atom stereocenters. The number of hydrogen-bond donors (Lipinski definition) is 0. The average molecular weight is 334 g/mol. The molecular weight excluding hydrogens is 316 g/mol. The molecule has 2 heterocycles. The van der Waals surface area contributed by atoms with Gasteiger partial charge in [-0.1, -0.05) is 23.9 Å². The number of amides is 1. The molecule has 0 aliphatic carbocycles. The Morgan fingerprint density at radius 3 is 2.96 bits per heavy atom. The van der Waals surface area contributed by atoms with Crippen LogP contribution in [0.15, 0.2) is 35.7 Å². The zero-order valence-corrected chi connectivity index (χ0v) is 13.8. The van der Waals surface area contributed by atoms with E-state index >= 15 is 0 Å². The number of ether oxygens (including phenoxy) is 2. The van der Waals surface area contributed by atoms with Crippen molar-refractivity contribution in [3.63, 3.8) is 0 Å². The van der Waals surface area contributed by atoms with E-state index in [0.717, 1.165) is 16.7 Å². The molecule has 0 saturated heterocycles. The summed E-state index contributed by atoms with van der Waals surface area (Å²) in [7, 11) is 3.62. The van der Waals surface area contributed by atoms with Crippen LogP contribution in [0, 0.1) is 0 Å². The van der Waals surface area contributed by atoms with E-state index in [-0.39, 0.29) is 12.0 Å². The highest BCUT2D eigenvalue weighted by Crippen LogP contribution is 2.31. The molecule has 0 N–H and O–H groups in total. The number of benzene rings is 1. The summed E-state index contributed by atoms with van der Waals surface area (Å²) in [6.45, 7) is 0.914. The summed E-state index contributed by atoms with van der Waals surface area (Å²) in [6.07, 6.45) is 1.44. The van der Waals surface area contributed by atoms with Gasteiger partial charge in [-0.2, -0.15) is 0 Å². The number of aromatic nitrogens is 3. The fourth-order valence-corrected chi connectivity index (χ4v) is 3.03. The van der Waals surface area contributed by atoms with Crippen LogP contribution in [0.25, 0.3) is 0 Å². The Labute approximate surface area is 138 Å². The molecule has 1 aliphatic heterocycles. The molecule has 8 heteroatoms. The summed E-state index contributed by atoms with van der Waals surface area (Å²) in [5.41, 5.74) is 0. The molecule has 122 valence electrons. The Morgan fingerprint density at radius 2 is 2.22 bits per heavy atom. The monoisotopic (exact) mass is 334 g/mol. The number of carbonyl (C=O) groups is 1. The van der Waals surface area contributed by atoms with Crippen molar-refractivity contribution < 1.29 is 14.3 Å². The molecule has 0 fully saturated rings. The first-order chi connectivity index (χ1) is 11.1. The molecule has 1 aromatic heterocycles. The van der Waals surface area contributed by atoms with Crippen molar-refractivity contribution in [1.82, 2.24) is 19.7 Å². The number of para-hydroxylation sites is 2. The van der Waals surface area contributed by atoms with Gasteiger partial charge in [0.25, 0.3) is 0 Å². The van der Waals surface area contributed by atoms with Crippen molar-refractivity contribution in [2.75, 3.05) is 26.0 Å². The van der Waals surface area contributed by atoms with E-state index in [1.54, 1.807) is 22.8 Å². The van der Waals surface area contributed by atoms with E-state index in [1.165, 1.54) is 11.8 Å². The number of hydrogen-bond acceptors (Lipinski definition) is 6. The second-order valence-corrected chi connectivity index (χ2v) is 6.23. The molecule has 3 rings (SSSR count). The summed E-state index contributed by atoms with van der Waals surface area (Å²) in [5, 5.41) is 8.46. The van der Waals surface area contributed by atoms with Crippen LogP contribution in [0.5, 0.6) is 11.5 Å². The molecule has 1 unspecified atom stereocenters. The number of nitrogens with zero attached hydrogens (tertiary/aromatic N) is 4. The van der Waals surface area contributed by atoms with Gasteiger partial charge >= 0.3 is 0 Å². The topological polar surface area (TPSA) is 69.5 Å². The van der Waals surface area contributed by atoms with E-state index in [0.29, 0.717) is 18.9 Å². The van der Waals surface area contributed by atoms with Gasteiger partial charge in [0.1, 0.15) is 12.9 Å². The Kier molecular flexibility index (Phi) is 4.71. The zero-order chi connectivity index (χ0) is 16.2. The number of thioether (sulfide) groups is 1. The van der Waals surface area contributed by atoms with Crippen molar-refractivity contribution in [2.24, 2.45) is 7.05 Å². The lowest BCUT2D eigenvalue weighted by Gasteiger charge is -2.29. The van der Waals surface area contributed by atoms with Gasteiger partial charge in [-0.15, -0.1) is 10.2 Å². The third-order valence-corrected chi connectivity index (χ3v) is 4.48. The van der Waals surface area contributed by atoms with E-state index in [1.807, 2.05) is 31.3 Å². The van der Waals surface area contributed by atoms with Gasteiger partial charge in [0.2, 0.25) is 5.91 Å². The minimum Gasteiger partial charge on any atom is -0.486 e. The van der Waals surface area contributed by atoms with Crippen molar-refractivity contribution in [2.45, 2.75) is 11.3 Å². The Morgan fingerprint density at radius 1 is 1.43 bits per heavy atom. The summed E-state index contributed by atoms with van der Waals surface area (Å²) in [5.74, 6) is 1.79. The molecule has 0 bridgehead atoms. The van der Waals surface area contributed by atoms with Crippen molar-refractivity contribution in [1.29, 1.82) is 0 Å². The van der Waals surface area contributed by atoms with Crippen LogP contribution in [0.1, 0.15) is 0 Å². The number of fused-ring (bicyclic) bond motifs is 1. The first-order valence-electron chi connectivity index (χ1n) is 7.22. The lowest BCUT2D eigenvalue weighted by molar-refractivity contribution is -0.128. The van der Waals surface area contributed by atoms with Crippen molar-refractivity contribution in [3.8, 4) is 11.5 Å². The maximum absolute atomic E-state index is 12.2. The van der Waals surface area contributed by atoms with Gasteiger partial charge in [-0.05, 0) is 12.1 Å². The first kappa shape index (κ1) is 15.7. The smallest absolute Gasteiger partial charge is 0.232 e. The summed E-state index contributed by atoms with van der Waals surface area (Å²) in [4.78, 5) is 13.9. The quantitative estimate of drug-likeness (QED) is 0.766. The third kappa shape index (κ3) is 3.76. The molecule has 2 aromatic rings. The van der Waals surface area contributed by atoms with Crippen molar-refractivity contribution >= 4 is 17.7 Å². The maximum atomic E-state index is 12.2. The van der Waals surface area contributed by atoms with Crippen LogP contribution in [-0.2, 0) is 11.8 Å². The van der Waals surface area contributed by atoms with E-state index in [4.69, 9.17) is 9.47 Å². The highest BCUT2D eigenvalue weighted by molar-refractivity contribution is 7.99. The zero-order valence-electron chi connectivity index (χ0n) is 13.0. The van der Waals surface area contributed by atoms with Gasteiger partial charge in [0.15, 0.2) is 22.8 Å². The largest absolute Gasteiger partial charge is 0.486 e. The molecule has 1 aliphatic rings.